The molecule has 0 N–H and O–H groups in total. The van der Waals surface area contributed by atoms with Crippen LogP contribution >= 0.6 is 23.2 Å². The molecule has 2 aliphatic rings. The molecule has 2 bridgehead atoms. The topological polar surface area (TPSA) is 9.23 Å². The molecule has 0 heterocycles. The quantitative estimate of drug-likeness (QED) is 0.617. The summed E-state index contributed by atoms with van der Waals surface area (Å²) in [5, 5.41) is 0. The fraction of sp³-hybridized carbons (Fsp3) is 0.250. The summed E-state index contributed by atoms with van der Waals surface area (Å²) < 4.78 is 4.24. The highest BCUT2D eigenvalue weighted by Crippen LogP contribution is 2.52. The highest BCUT2D eigenvalue weighted by atomic mass is 35.5. The third-order valence-corrected chi connectivity index (χ3v) is 2.74. The molecule has 0 amide bonds. The smallest absolute Gasteiger partial charge is 0.171 e. The molecule has 58 valence electrons. The lowest BCUT2D eigenvalue weighted by Gasteiger charge is -2.31. The van der Waals surface area contributed by atoms with Gasteiger partial charge in [0.05, 0.1) is 7.11 Å². The van der Waals surface area contributed by atoms with Crippen LogP contribution in [0.4, 0.5) is 0 Å². The second kappa shape index (κ2) is 2.05. The van der Waals surface area contributed by atoms with E-state index in [-0.39, 0.29) is 0 Å². The maximum atomic E-state index is 5.95. The van der Waals surface area contributed by atoms with Crippen molar-refractivity contribution in [3.63, 3.8) is 0 Å². The van der Waals surface area contributed by atoms with Crippen LogP contribution in [0, 0.1) is 0 Å². The lowest BCUT2D eigenvalue weighted by Crippen LogP contribution is -2.22. The largest absolute Gasteiger partial charge is 0.496 e. The van der Waals surface area contributed by atoms with Gasteiger partial charge in [0.2, 0.25) is 0 Å². The van der Waals surface area contributed by atoms with E-state index in [1.807, 2.05) is 18.2 Å². The normalized spacial score (nSPS) is 17.4. The fourth-order valence-electron chi connectivity index (χ4n) is 1.23. The number of hydrogen-bond acceptors (Lipinski definition) is 1. The van der Waals surface area contributed by atoms with E-state index in [0.29, 0.717) is 0 Å². The van der Waals surface area contributed by atoms with E-state index >= 15 is 0 Å². The van der Waals surface area contributed by atoms with E-state index in [4.69, 9.17) is 27.9 Å². The zero-order chi connectivity index (χ0) is 8.06. The molecular weight excluding hydrogens is 183 g/mol. The lowest BCUT2D eigenvalue weighted by molar-refractivity contribution is 0.406. The predicted molar refractivity (Wildman–Crippen MR) is 45.5 cm³/mol. The van der Waals surface area contributed by atoms with Crippen molar-refractivity contribution in [2.24, 2.45) is 0 Å². The zero-order valence-electron chi connectivity index (χ0n) is 5.90. The summed E-state index contributed by atoms with van der Waals surface area (Å²) >= 11 is 11.9. The Bertz CT molecular complexity index is 303. The molecule has 0 spiro atoms. The minimum Gasteiger partial charge on any atom is -0.496 e. The number of halogens is 2. The molecule has 2 aliphatic carbocycles. The van der Waals surface area contributed by atoms with Gasteiger partial charge in [0, 0.05) is 5.56 Å². The summed E-state index contributed by atoms with van der Waals surface area (Å²) in [6, 6.07) is 5.67. The number of methoxy groups -OCH3 is 1. The number of fused-ring (bicyclic) bond motifs is 2. The molecule has 1 aromatic rings. The average molecular weight is 189 g/mol. The van der Waals surface area contributed by atoms with Crippen LogP contribution in [0.15, 0.2) is 18.2 Å². The van der Waals surface area contributed by atoms with E-state index in [0.717, 1.165) is 16.9 Å². The molecule has 0 aromatic heterocycles. The first kappa shape index (κ1) is 7.26. The summed E-state index contributed by atoms with van der Waals surface area (Å²) in [6.45, 7) is 0. The maximum absolute atomic E-state index is 5.95. The number of ether oxygens (including phenoxy) is 1. The maximum Gasteiger partial charge on any atom is 0.171 e. The van der Waals surface area contributed by atoms with Crippen molar-refractivity contribution in [3.05, 3.63) is 29.3 Å². The van der Waals surface area contributed by atoms with Crippen LogP contribution in [-0.2, 0) is 4.33 Å². The van der Waals surface area contributed by atoms with Gasteiger partial charge >= 0.3 is 0 Å². The summed E-state index contributed by atoms with van der Waals surface area (Å²) in [5.41, 5.74) is 1.80. The van der Waals surface area contributed by atoms with Crippen molar-refractivity contribution in [2.45, 2.75) is 4.33 Å². The van der Waals surface area contributed by atoms with Crippen molar-refractivity contribution in [3.8, 4) is 5.75 Å². The first-order valence-electron chi connectivity index (χ1n) is 3.23. The van der Waals surface area contributed by atoms with Gasteiger partial charge < -0.3 is 4.74 Å². The molecule has 0 fully saturated rings. The molecular formula is C8H6Cl2O. The Balaban J connectivity index is 2.56. The predicted octanol–water partition coefficient (Wildman–Crippen LogP) is 2.69. The van der Waals surface area contributed by atoms with Crippen LogP contribution in [-0.4, -0.2) is 7.11 Å². The van der Waals surface area contributed by atoms with E-state index in [2.05, 4.69) is 0 Å². The van der Waals surface area contributed by atoms with E-state index in [9.17, 15) is 0 Å². The second-order valence-electron chi connectivity index (χ2n) is 2.49. The number of rotatable bonds is 1. The van der Waals surface area contributed by atoms with Gasteiger partial charge in [0.15, 0.2) is 4.33 Å². The summed E-state index contributed by atoms with van der Waals surface area (Å²) in [4.78, 5) is 0. The van der Waals surface area contributed by atoms with Gasteiger partial charge in [-0.2, -0.15) is 0 Å². The van der Waals surface area contributed by atoms with Crippen molar-refractivity contribution in [1.29, 1.82) is 0 Å². The Morgan fingerprint density at radius 3 is 2.45 bits per heavy atom. The monoisotopic (exact) mass is 188 g/mol. The molecule has 0 unspecified atom stereocenters. The van der Waals surface area contributed by atoms with E-state index in [1.54, 1.807) is 7.11 Å². The Morgan fingerprint density at radius 1 is 1.36 bits per heavy atom. The van der Waals surface area contributed by atoms with Crippen LogP contribution in [0.1, 0.15) is 11.1 Å². The molecule has 3 heteroatoms. The van der Waals surface area contributed by atoms with Crippen molar-refractivity contribution in [1.82, 2.24) is 0 Å². The summed E-state index contributed by atoms with van der Waals surface area (Å²) in [5.74, 6) is 0.755. The number of hydrogen-bond donors (Lipinski definition) is 0. The summed E-state index contributed by atoms with van der Waals surface area (Å²) in [7, 11) is 1.60. The second-order valence-corrected chi connectivity index (χ2v) is 3.82. The van der Waals surface area contributed by atoms with Crippen molar-refractivity contribution in [2.75, 3.05) is 7.11 Å². The van der Waals surface area contributed by atoms with Gasteiger partial charge in [-0.1, -0.05) is 29.3 Å². The minimum absolute atomic E-state index is 0.755. The fourth-order valence-corrected chi connectivity index (χ4v) is 1.76. The molecule has 0 aliphatic heterocycles. The molecule has 0 saturated heterocycles. The first-order chi connectivity index (χ1) is 5.16. The molecule has 3 rings (SSSR count). The van der Waals surface area contributed by atoms with Gasteiger partial charge in [-0.15, -0.1) is 0 Å². The van der Waals surface area contributed by atoms with Crippen molar-refractivity contribution < 1.29 is 4.74 Å². The highest BCUT2D eigenvalue weighted by molar-refractivity contribution is 6.51. The van der Waals surface area contributed by atoms with Crippen LogP contribution in [0.2, 0.25) is 0 Å². The molecule has 0 radical (unpaired) electrons. The molecule has 0 atom stereocenters. The van der Waals surface area contributed by atoms with Gasteiger partial charge in [0.25, 0.3) is 0 Å². The lowest BCUT2D eigenvalue weighted by atomic mass is 9.91. The molecule has 0 saturated carbocycles. The Labute approximate surface area is 74.9 Å². The SMILES string of the molecule is COc1ccc2cc1C2(Cl)Cl. The molecule has 11 heavy (non-hydrogen) atoms. The third kappa shape index (κ3) is 0.784. The third-order valence-electron chi connectivity index (χ3n) is 1.90. The van der Waals surface area contributed by atoms with Crippen molar-refractivity contribution >= 4 is 23.2 Å². The number of alkyl halides is 2. The molecule has 1 aromatic carbocycles. The van der Waals surface area contributed by atoms with Gasteiger partial charge in [-0.3, -0.25) is 0 Å². The zero-order valence-corrected chi connectivity index (χ0v) is 7.41. The highest BCUT2D eigenvalue weighted by Gasteiger charge is 2.40. The Morgan fingerprint density at radius 2 is 2.09 bits per heavy atom. The number of benzene rings is 1. The van der Waals surface area contributed by atoms with Gasteiger partial charge in [0.1, 0.15) is 5.75 Å². The van der Waals surface area contributed by atoms with Crippen LogP contribution < -0.4 is 4.74 Å². The van der Waals surface area contributed by atoms with Crippen LogP contribution in [0.5, 0.6) is 5.75 Å². The Kier molecular flexibility index (Phi) is 1.35. The van der Waals surface area contributed by atoms with Gasteiger partial charge in [-0.25, -0.2) is 0 Å². The van der Waals surface area contributed by atoms with Crippen LogP contribution in [0.25, 0.3) is 0 Å². The Hall–Kier alpha value is -0.400. The van der Waals surface area contributed by atoms with E-state index < -0.39 is 4.33 Å². The minimum atomic E-state index is -0.819. The summed E-state index contributed by atoms with van der Waals surface area (Å²) in [6.07, 6.45) is 0. The van der Waals surface area contributed by atoms with E-state index in [1.165, 1.54) is 0 Å². The standard InChI is InChI=1S/C8H6Cl2O/c1-11-7-3-2-5-4-6(7)8(5,9)10/h2-4H,1H3. The first-order valence-corrected chi connectivity index (χ1v) is 3.98. The van der Waals surface area contributed by atoms with Crippen LogP contribution in [0.3, 0.4) is 0 Å². The molecule has 1 nitrogen and oxygen atoms in total. The van der Waals surface area contributed by atoms with Gasteiger partial charge in [-0.05, 0) is 17.7 Å². The average Bonchev–Trinajstić information content (AvgIpc) is 2.04.